The number of nitrogens with one attached hydrogen (secondary N) is 2. The van der Waals surface area contributed by atoms with Gasteiger partial charge in [0.15, 0.2) is 0 Å². The van der Waals surface area contributed by atoms with Crippen LogP contribution in [0, 0.1) is 0 Å². The van der Waals surface area contributed by atoms with Gasteiger partial charge in [0.25, 0.3) is 0 Å². The molecule has 0 spiro atoms. The minimum atomic E-state index is 0.949. The van der Waals surface area contributed by atoms with Crippen molar-refractivity contribution < 1.29 is 0 Å². The normalized spacial score (nSPS) is 12.1. The Morgan fingerprint density at radius 3 is 1.52 bits per heavy atom. The molecule has 4 aromatic rings. The molecule has 0 amide bonds. The van der Waals surface area contributed by atoms with Gasteiger partial charge in [0.05, 0.1) is 0 Å². The average molecular weight is 361 g/mol. The summed E-state index contributed by atoms with van der Waals surface area (Å²) in [7, 11) is 8.44. The van der Waals surface area contributed by atoms with Gasteiger partial charge in [0.1, 0.15) is 0 Å². The molecule has 2 heterocycles. The summed E-state index contributed by atoms with van der Waals surface area (Å²) in [5.74, 6) is 0. The van der Waals surface area contributed by atoms with Gasteiger partial charge in [-0.1, -0.05) is 12.1 Å². The van der Waals surface area contributed by atoms with E-state index in [4.69, 9.17) is 0 Å². The van der Waals surface area contributed by atoms with Crippen molar-refractivity contribution in [3.63, 3.8) is 0 Å². The lowest BCUT2D eigenvalue weighted by atomic mass is 10.0. The van der Waals surface area contributed by atoms with Crippen molar-refractivity contribution in [1.82, 2.24) is 19.8 Å². The van der Waals surface area contributed by atoms with E-state index in [1.54, 1.807) is 0 Å². The van der Waals surface area contributed by atoms with Gasteiger partial charge in [0.2, 0.25) is 0 Å². The second-order valence-corrected chi connectivity index (χ2v) is 8.04. The Kier molecular flexibility index (Phi) is 4.77. The van der Waals surface area contributed by atoms with Gasteiger partial charge in [-0.05, 0) is 81.1 Å². The molecule has 4 nitrogen and oxygen atoms in total. The maximum Gasteiger partial charge on any atom is 0.0457 e. The fourth-order valence-electron chi connectivity index (χ4n) is 3.85. The van der Waals surface area contributed by atoms with Crippen molar-refractivity contribution in [2.45, 2.75) is 19.5 Å². The molecule has 0 unspecified atom stereocenters. The van der Waals surface area contributed by atoms with E-state index >= 15 is 0 Å². The number of benzene rings is 2. The lowest BCUT2D eigenvalue weighted by Crippen LogP contribution is -2.10. The molecule has 0 fully saturated rings. The third kappa shape index (κ3) is 3.77. The van der Waals surface area contributed by atoms with Crippen molar-refractivity contribution in [3.05, 3.63) is 71.0 Å². The van der Waals surface area contributed by atoms with E-state index in [0.717, 1.165) is 19.5 Å². The van der Waals surface area contributed by atoms with Crippen molar-refractivity contribution in [2.75, 3.05) is 28.2 Å². The van der Waals surface area contributed by atoms with Crippen molar-refractivity contribution in [3.8, 4) is 0 Å². The van der Waals surface area contributed by atoms with Gasteiger partial charge in [-0.3, -0.25) is 0 Å². The van der Waals surface area contributed by atoms with Gasteiger partial charge in [-0.25, -0.2) is 0 Å². The molecule has 0 aliphatic heterocycles. The van der Waals surface area contributed by atoms with Crippen LogP contribution in [0.2, 0.25) is 0 Å². The molecule has 27 heavy (non-hydrogen) atoms. The fourth-order valence-corrected chi connectivity index (χ4v) is 3.85. The number of hydrogen-bond acceptors (Lipinski definition) is 2. The Labute approximate surface area is 160 Å². The summed E-state index contributed by atoms with van der Waals surface area (Å²) in [5.41, 5.74) is 7.84. The molecule has 0 bridgehead atoms. The first-order valence-electron chi connectivity index (χ1n) is 9.47. The van der Waals surface area contributed by atoms with E-state index in [-0.39, 0.29) is 0 Å². The molecular weight excluding hydrogens is 332 g/mol. The number of nitrogens with zero attached hydrogens (tertiary/aromatic N) is 2. The molecule has 2 N–H and O–H groups in total. The average Bonchev–Trinajstić information content (AvgIpc) is 3.19. The minimum absolute atomic E-state index is 0.949. The van der Waals surface area contributed by atoms with Crippen LogP contribution in [0.4, 0.5) is 0 Å². The van der Waals surface area contributed by atoms with Gasteiger partial charge in [-0.15, -0.1) is 0 Å². The van der Waals surface area contributed by atoms with Gasteiger partial charge in [0, 0.05) is 47.3 Å². The minimum Gasteiger partial charge on any atom is -0.361 e. The molecule has 140 valence electrons. The van der Waals surface area contributed by atoms with Crippen LogP contribution in [0.3, 0.4) is 0 Å². The maximum absolute atomic E-state index is 3.40. The third-order valence-corrected chi connectivity index (χ3v) is 5.05. The molecule has 4 heteroatoms. The predicted molar refractivity (Wildman–Crippen MR) is 114 cm³/mol. The number of rotatable bonds is 6. The predicted octanol–water partition coefficient (Wildman–Crippen LogP) is 4.36. The summed E-state index contributed by atoms with van der Waals surface area (Å²) in [4.78, 5) is 11.2. The molecule has 4 rings (SSSR count). The summed E-state index contributed by atoms with van der Waals surface area (Å²) in [5, 5.41) is 2.66. The Bertz CT molecular complexity index is 983. The zero-order chi connectivity index (χ0) is 19.0. The van der Waals surface area contributed by atoms with Crippen LogP contribution in [0.1, 0.15) is 22.3 Å². The highest BCUT2D eigenvalue weighted by molar-refractivity contribution is 5.85. The molecular formula is C23H28N4. The van der Waals surface area contributed by atoms with Crippen molar-refractivity contribution in [1.29, 1.82) is 0 Å². The van der Waals surface area contributed by atoms with Crippen molar-refractivity contribution in [2.24, 2.45) is 0 Å². The maximum atomic E-state index is 3.40. The van der Waals surface area contributed by atoms with Crippen LogP contribution >= 0.6 is 0 Å². The molecule has 0 saturated carbocycles. The van der Waals surface area contributed by atoms with Crippen molar-refractivity contribution >= 4 is 21.8 Å². The largest absolute Gasteiger partial charge is 0.361 e. The van der Waals surface area contributed by atoms with Crippen LogP contribution < -0.4 is 0 Å². The van der Waals surface area contributed by atoms with E-state index in [1.807, 2.05) is 0 Å². The number of hydrogen-bond donors (Lipinski definition) is 2. The van der Waals surface area contributed by atoms with Gasteiger partial charge >= 0.3 is 0 Å². The second-order valence-electron chi connectivity index (χ2n) is 8.04. The summed E-state index contributed by atoms with van der Waals surface area (Å²) in [6, 6.07) is 13.6. The first-order chi connectivity index (χ1) is 13.0. The van der Waals surface area contributed by atoms with E-state index < -0.39 is 0 Å². The number of fused-ring (bicyclic) bond motifs is 2. The third-order valence-electron chi connectivity index (χ3n) is 5.05. The van der Waals surface area contributed by atoms with E-state index in [1.165, 1.54) is 44.1 Å². The Hall–Kier alpha value is -2.56. The first kappa shape index (κ1) is 17.8. The van der Waals surface area contributed by atoms with Crippen LogP contribution in [-0.2, 0) is 19.5 Å². The van der Waals surface area contributed by atoms with Crippen LogP contribution in [0.5, 0.6) is 0 Å². The summed E-state index contributed by atoms with van der Waals surface area (Å²) >= 11 is 0. The summed E-state index contributed by atoms with van der Waals surface area (Å²) in [6.45, 7) is 1.90. The highest BCUT2D eigenvalue weighted by Gasteiger charge is 2.09. The van der Waals surface area contributed by atoms with E-state index in [0.29, 0.717) is 0 Å². The molecule has 2 aromatic carbocycles. The molecule has 0 atom stereocenters. The number of aromatic amines is 2. The van der Waals surface area contributed by atoms with Gasteiger partial charge in [-0.2, -0.15) is 0 Å². The van der Waals surface area contributed by atoms with Gasteiger partial charge < -0.3 is 19.8 Å². The lowest BCUT2D eigenvalue weighted by molar-refractivity contribution is 0.404. The molecule has 2 aromatic heterocycles. The smallest absolute Gasteiger partial charge is 0.0457 e. The summed E-state index contributed by atoms with van der Waals surface area (Å²) < 4.78 is 0. The number of H-pyrrole nitrogens is 2. The van der Waals surface area contributed by atoms with Crippen LogP contribution in [0.15, 0.2) is 48.8 Å². The Morgan fingerprint density at radius 2 is 1.11 bits per heavy atom. The first-order valence-corrected chi connectivity index (χ1v) is 9.47. The molecule has 0 aliphatic carbocycles. The monoisotopic (exact) mass is 360 g/mol. The molecule has 0 radical (unpaired) electrons. The zero-order valence-electron chi connectivity index (χ0n) is 16.6. The molecule has 0 aliphatic rings. The highest BCUT2D eigenvalue weighted by atomic mass is 15.1. The second kappa shape index (κ2) is 7.22. The van der Waals surface area contributed by atoms with E-state index in [9.17, 15) is 0 Å². The lowest BCUT2D eigenvalue weighted by Gasteiger charge is -2.10. The SMILES string of the molecule is CN(C)Cc1c[nH]c2ccc(Cc3ccc4[nH]cc(CN(C)C)c4c3)cc12. The topological polar surface area (TPSA) is 38.1 Å². The fraction of sp³-hybridized carbons (Fsp3) is 0.304. The summed E-state index contributed by atoms with van der Waals surface area (Å²) in [6.07, 6.45) is 5.21. The Morgan fingerprint density at radius 1 is 0.667 bits per heavy atom. The van der Waals surface area contributed by atoms with Crippen LogP contribution in [0.25, 0.3) is 21.8 Å². The highest BCUT2D eigenvalue weighted by Crippen LogP contribution is 2.25. The zero-order valence-corrected chi connectivity index (χ0v) is 16.6. The Balaban J connectivity index is 1.65. The number of aromatic nitrogens is 2. The molecule has 0 saturated heterocycles. The quantitative estimate of drug-likeness (QED) is 0.536. The standard InChI is InChI=1S/C23H28N4/c1-26(2)14-18-12-24-22-7-5-16(10-20(18)22)9-17-6-8-23-21(11-17)19(13-25-23)15-27(3)4/h5-8,10-13,24-25H,9,14-15H2,1-4H3. The van der Waals surface area contributed by atoms with E-state index in [2.05, 4.69) is 96.8 Å². The van der Waals surface area contributed by atoms with Crippen LogP contribution in [-0.4, -0.2) is 48.0 Å².